The van der Waals surface area contributed by atoms with Gasteiger partial charge in [0.05, 0.1) is 5.60 Å². The van der Waals surface area contributed by atoms with Gasteiger partial charge in [0, 0.05) is 31.2 Å². The van der Waals surface area contributed by atoms with Crippen LogP contribution in [-0.4, -0.2) is 49.3 Å². The lowest BCUT2D eigenvalue weighted by molar-refractivity contribution is -0.0866. The quantitative estimate of drug-likeness (QED) is 0.932. The average molecular weight is 331 g/mol. The Hall–Kier alpha value is -1.60. The maximum absolute atomic E-state index is 6.15. The molecule has 122 valence electrons. The molecule has 0 aromatic carbocycles. The average Bonchev–Trinajstić information content (AvgIpc) is 3.10. The Balaban J connectivity index is 1.46. The van der Waals surface area contributed by atoms with Crippen LogP contribution in [0.15, 0.2) is 31.0 Å². The second kappa shape index (κ2) is 6.49. The zero-order chi connectivity index (χ0) is 15.5. The van der Waals surface area contributed by atoms with Crippen molar-refractivity contribution in [2.24, 2.45) is 0 Å². The Morgan fingerprint density at radius 3 is 3.04 bits per heavy atom. The smallest absolute Gasteiger partial charge is 0.224 e. The van der Waals surface area contributed by atoms with Gasteiger partial charge in [-0.3, -0.25) is 4.57 Å². The molecule has 2 aromatic rings. The topological polar surface area (TPSA) is 64.9 Å². The van der Waals surface area contributed by atoms with E-state index in [-0.39, 0.29) is 5.60 Å². The van der Waals surface area contributed by atoms with Gasteiger partial charge in [-0.25, -0.2) is 9.97 Å². The van der Waals surface area contributed by atoms with Crippen molar-refractivity contribution < 1.29 is 4.74 Å². The Morgan fingerprint density at radius 1 is 1.30 bits per heavy atom. The number of imidazole rings is 1. The highest BCUT2D eigenvalue weighted by molar-refractivity contribution is 7.99. The number of thioether (sulfide) groups is 1. The fourth-order valence-corrected chi connectivity index (χ4v) is 4.62. The minimum Gasteiger partial charge on any atom is -0.375 e. The number of anilines is 1. The second-order valence-corrected chi connectivity index (χ2v) is 7.41. The van der Waals surface area contributed by atoms with Gasteiger partial charge in [0.15, 0.2) is 0 Å². The molecule has 2 saturated heterocycles. The molecule has 23 heavy (non-hydrogen) atoms. The van der Waals surface area contributed by atoms with E-state index in [0.29, 0.717) is 12.0 Å². The van der Waals surface area contributed by atoms with Crippen molar-refractivity contribution in [2.45, 2.75) is 37.3 Å². The molecule has 4 heterocycles. The minimum absolute atomic E-state index is 0.0725. The van der Waals surface area contributed by atoms with Crippen LogP contribution >= 0.6 is 11.8 Å². The van der Waals surface area contributed by atoms with Crippen molar-refractivity contribution in [3.8, 4) is 5.82 Å². The summed E-state index contributed by atoms with van der Waals surface area (Å²) in [7, 11) is 0. The van der Waals surface area contributed by atoms with Gasteiger partial charge in [-0.2, -0.15) is 16.7 Å². The molecule has 1 unspecified atom stereocenters. The number of hydrogen-bond donors (Lipinski definition) is 1. The van der Waals surface area contributed by atoms with E-state index in [9.17, 15) is 0 Å². The summed E-state index contributed by atoms with van der Waals surface area (Å²) < 4.78 is 8.04. The van der Waals surface area contributed by atoms with Gasteiger partial charge in [-0.05, 0) is 43.3 Å². The van der Waals surface area contributed by atoms with Gasteiger partial charge in [0.2, 0.25) is 5.95 Å². The lowest BCUT2D eigenvalue weighted by atomic mass is 9.85. The summed E-state index contributed by atoms with van der Waals surface area (Å²) in [6.45, 7) is 0.823. The lowest BCUT2D eigenvalue weighted by Gasteiger charge is -2.43. The lowest BCUT2D eigenvalue weighted by Crippen LogP contribution is -2.46. The maximum Gasteiger partial charge on any atom is 0.224 e. The predicted octanol–water partition coefficient (Wildman–Crippen LogP) is 2.52. The highest BCUT2D eigenvalue weighted by Crippen LogP contribution is 2.38. The van der Waals surface area contributed by atoms with Crippen LogP contribution < -0.4 is 5.32 Å². The van der Waals surface area contributed by atoms with Crippen LogP contribution in [-0.2, 0) is 4.74 Å². The standard InChI is InChI=1S/C16H21N5OS/c1-5-18-15(20-14(1)21-7-6-17-12-21)19-13-2-8-22-16(11-13)3-9-23-10-4-16/h1,5-7,12-13H,2-4,8-11H2,(H,18,19,20). The number of nitrogens with one attached hydrogen (secondary N) is 1. The molecule has 2 aliphatic rings. The minimum atomic E-state index is 0.0725. The van der Waals surface area contributed by atoms with Crippen molar-refractivity contribution in [2.75, 3.05) is 23.4 Å². The van der Waals surface area contributed by atoms with Crippen molar-refractivity contribution in [1.29, 1.82) is 0 Å². The number of nitrogens with zero attached hydrogens (tertiary/aromatic N) is 4. The van der Waals surface area contributed by atoms with Gasteiger partial charge in [-0.15, -0.1) is 0 Å². The number of rotatable bonds is 3. The normalized spacial score (nSPS) is 23.7. The number of ether oxygens (including phenoxy) is 1. The summed E-state index contributed by atoms with van der Waals surface area (Å²) in [5.41, 5.74) is 0.0725. The Morgan fingerprint density at radius 2 is 2.22 bits per heavy atom. The Labute approximate surface area is 140 Å². The van der Waals surface area contributed by atoms with Gasteiger partial charge >= 0.3 is 0 Å². The number of aromatic nitrogens is 4. The van der Waals surface area contributed by atoms with Crippen LogP contribution in [0, 0.1) is 0 Å². The van der Waals surface area contributed by atoms with Gasteiger partial charge in [-0.1, -0.05) is 0 Å². The molecule has 1 spiro atoms. The van der Waals surface area contributed by atoms with Crippen molar-refractivity contribution in [1.82, 2.24) is 19.5 Å². The molecule has 0 saturated carbocycles. The fourth-order valence-electron chi connectivity index (χ4n) is 3.38. The third kappa shape index (κ3) is 3.35. The molecule has 2 aliphatic heterocycles. The molecule has 0 bridgehead atoms. The van der Waals surface area contributed by atoms with E-state index in [2.05, 4.69) is 20.3 Å². The second-order valence-electron chi connectivity index (χ2n) is 6.19. The molecule has 2 fully saturated rings. The van der Waals surface area contributed by atoms with E-state index in [1.54, 1.807) is 18.7 Å². The van der Waals surface area contributed by atoms with Crippen molar-refractivity contribution in [3.05, 3.63) is 31.0 Å². The highest BCUT2D eigenvalue weighted by Gasteiger charge is 2.38. The first-order chi connectivity index (χ1) is 11.3. The summed E-state index contributed by atoms with van der Waals surface area (Å²) in [5.74, 6) is 3.93. The van der Waals surface area contributed by atoms with Crippen molar-refractivity contribution in [3.63, 3.8) is 0 Å². The molecule has 2 aromatic heterocycles. The van der Waals surface area contributed by atoms with Crippen LogP contribution in [0.5, 0.6) is 0 Å². The molecule has 0 radical (unpaired) electrons. The zero-order valence-electron chi connectivity index (χ0n) is 13.0. The van der Waals surface area contributed by atoms with Crippen LogP contribution in [0.3, 0.4) is 0 Å². The first-order valence-electron chi connectivity index (χ1n) is 8.13. The summed E-state index contributed by atoms with van der Waals surface area (Å²) in [6, 6.07) is 2.27. The van der Waals surface area contributed by atoms with Crippen molar-refractivity contribution >= 4 is 17.7 Å². The van der Waals surface area contributed by atoms with E-state index in [0.717, 1.165) is 38.1 Å². The van der Waals surface area contributed by atoms with Gasteiger partial charge < -0.3 is 10.1 Å². The Kier molecular flexibility index (Phi) is 4.22. The molecule has 7 heteroatoms. The first-order valence-corrected chi connectivity index (χ1v) is 9.28. The monoisotopic (exact) mass is 331 g/mol. The van der Waals surface area contributed by atoms with E-state index in [1.807, 2.05) is 28.6 Å². The van der Waals surface area contributed by atoms with Gasteiger partial charge in [0.1, 0.15) is 12.1 Å². The van der Waals surface area contributed by atoms with E-state index >= 15 is 0 Å². The van der Waals surface area contributed by atoms with E-state index in [1.165, 1.54) is 11.5 Å². The molecular weight excluding hydrogens is 310 g/mol. The molecule has 0 aliphatic carbocycles. The van der Waals surface area contributed by atoms with E-state index < -0.39 is 0 Å². The van der Waals surface area contributed by atoms with Crippen LogP contribution in [0.2, 0.25) is 0 Å². The first kappa shape index (κ1) is 15.0. The molecule has 0 amide bonds. The highest BCUT2D eigenvalue weighted by atomic mass is 32.2. The molecule has 4 rings (SSSR count). The van der Waals surface area contributed by atoms with Crippen LogP contribution in [0.4, 0.5) is 5.95 Å². The number of hydrogen-bond acceptors (Lipinski definition) is 6. The third-order valence-electron chi connectivity index (χ3n) is 4.64. The molecule has 6 nitrogen and oxygen atoms in total. The van der Waals surface area contributed by atoms with E-state index in [4.69, 9.17) is 4.74 Å². The maximum atomic E-state index is 6.15. The largest absolute Gasteiger partial charge is 0.375 e. The SMILES string of the molecule is c1cn(-c2ccnc(NC3CCOC4(CCSCC4)C3)n2)cn1. The summed E-state index contributed by atoms with van der Waals surface area (Å²) >= 11 is 2.03. The summed E-state index contributed by atoms with van der Waals surface area (Å²) in [4.78, 5) is 13.0. The van der Waals surface area contributed by atoms with Gasteiger partial charge in [0.25, 0.3) is 0 Å². The molecular formula is C16H21N5OS. The fraction of sp³-hybridized carbons (Fsp3) is 0.562. The van der Waals surface area contributed by atoms with Crippen LogP contribution in [0.1, 0.15) is 25.7 Å². The third-order valence-corrected chi connectivity index (χ3v) is 5.63. The van der Waals surface area contributed by atoms with Crippen LogP contribution in [0.25, 0.3) is 5.82 Å². The Bertz CT molecular complexity index is 636. The molecule has 1 N–H and O–H groups in total. The summed E-state index contributed by atoms with van der Waals surface area (Å²) in [6.07, 6.45) is 11.5. The zero-order valence-corrected chi connectivity index (χ0v) is 13.8. The predicted molar refractivity (Wildman–Crippen MR) is 91.0 cm³/mol. The summed E-state index contributed by atoms with van der Waals surface area (Å²) in [5, 5.41) is 3.51. The molecule has 1 atom stereocenters.